The molecule has 2 rings (SSSR count). The van der Waals surface area contributed by atoms with Crippen molar-refractivity contribution in [3.05, 3.63) is 35.5 Å². The van der Waals surface area contributed by atoms with Crippen LogP contribution >= 0.6 is 11.8 Å². The molecule has 0 radical (unpaired) electrons. The van der Waals surface area contributed by atoms with Crippen molar-refractivity contribution in [1.29, 1.82) is 0 Å². The summed E-state index contributed by atoms with van der Waals surface area (Å²) >= 11 is 1.82. The van der Waals surface area contributed by atoms with Crippen LogP contribution in [0, 0.1) is 0 Å². The second kappa shape index (κ2) is 2.54. The maximum Gasteiger partial charge on any atom is 0.139 e. The number of rotatable bonds is 0. The van der Waals surface area contributed by atoms with Crippen LogP contribution in [0.3, 0.4) is 0 Å². The van der Waals surface area contributed by atoms with Gasteiger partial charge in [0.2, 0.25) is 0 Å². The van der Waals surface area contributed by atoms with Crippen LogP contribution in [0.15, 0.2) is 35.5 Å². The van der Waals surface area contributed by atoms with Crippen molar-refractivity contribution in [2.75, 3.05) is 5.75 Å². The van der Waals surface area contributed by atoms with Crippen molar-refractivity contribution < 1.29 is 4.74 Å². The first-order valence-electron chi connectivity index (χ1n) is 3.26. The fourth-order valence-corrected chi connectivity index (χ4v) is 1.85. The first kappa shape index (κ1) is 6.10. The monoisotopic (exact) mass is 152 g/mol. The fourth-order valence-electron chi connectivity index (χ4n) is 1.05. The average Bonchev–Trinajstić information content (AvgIpc) is 2.05. The van der Waals surface area contributed by atoms with Crippen LogP contribution in [0.25, 0.3) is 0 Å². The van der Waals surface area contributed by atoms with E-state index < -0.39 is 0 Å². The van der Waals surface area contributed by atoms with Crippen LogP contribution in [0.5, 0.6) is 0 Å². The van der Waals surface area contributed by atoms with Gasteiger partial charge in [-0.1, -0.05) is 6.08 Å². The molecular formula is C8H8OS. The Kier molecular flexibility index (Phi) is 1.55. The van der Waals surface area contributed by atoms with Crippen LogP contribution < -0.4 is 0 Å². The Morgan fingerprint density at radius 3 is 3.50 bits per heavy atom. The first-order chi connectivity index (χ1) is 4.97. The molecular weight excluding hydrogens is 144 g/mol. The van der Waals surface area contributed by atoms with Gasteiger partial charge in [-0.15, -0.1) is 11.8 Å². The molecule has 0 aromatic carbocycles. The summed E-state index contributed by atoms with van der Waals surface area (Å²) in [6.45, 7) is 0. The van der Waals surface area contributed by atoms with E-state index >= 15 is 0 Å². The molecule has 2 aliphatic heterocycles. The molecule has 0 aromatic rings. The van der Waals surface area contributed by atoms with E-state index in [9.17, 15) is 0 Å². The van der Waals surface area contributed by atoms with Crippen LogP contribution in [-0.2, 0) is 4.74 Å². The second-order valence-corrected chi connectivity index (χ2v) is 3.16. The standard InChI is InChI=1S/C8H8OS/c1-2-7-6-10-5-3-8(7)9-4-1/h1-5,8H,6H2. The van der Waals surface area contributed by atoms with Crippen molar-refractivity contribution in [1.82, 2.24) is 0 Å². The molecule has 0 saturated carbocycles. The number of thioether (sulfide) groups is 1. The normalized spacial score (nSPS) is 28.8. The molecule has 0 spiro atoms. The molecule has 0 saturated heterocycles. The van der Waals surface area contributed by atoms with Crippen molar-refractivity contribution in [2.24, 2.45) is 0 Å². The van der Waals surface area contributed by atoms with E-state index in [0.717, 1.165) is 5.75 Å². The van der Waals surface area contributed by atoms with Crippen molar-refractivity contribution in [2.45, 2.75) is 6.10 Å². The van der Waals surface area contributed by atoms with E-state index in [4.69, 9.17) is 4.74 Å². The van der Waals surface area contributed by atoms with E-state index in [1.54, 1.807) is 6.26 Å². The van der Waals surface area contributed by atoms with Gasteiger partial charge in [-0.25, -0.2) is 0 Å². The lowest BCUT2D eigenvalue weighted by atomic mass is 10.1. The van der Waals surface area contributed by atoms with Gasteiger partial charge >= 0.3 is 0 Å². The molecule has 2 heterocycles. The Morgan fingerprint density at radius 2 is 2.60 bits per heavy atom. The minimum absolute atomic E-state index is 0.228. The highest BCUT2D eigenvalue weighted by atomic mass is 32.2. The average molecular weight is 152 g/mol. The van der Waals surface area contributed by atoms with E-state index in [2.05, 4.69) is 17.6 Å². The summed E-state index contributed by atoms with van der Waals surface area (Å²) < 4.78 is 5.33. The van der Waals surface area contributed by atoms with Gasteiger partial charge in [0.1, 0.15) is 6.10 Å². The molecule has 10 heavy (non-hydrogen) atoms. The predicted molar refractivity (Wildman–Crippen MR) is 43.7 cm³/mol. The summed E-state index contributed by atoms with van der Waals surface area (Å²) in [6.07, 6.45) is 8.14. The minimum atomic E-state index is 0.228. The second-order valence-electron chi connectivity index (χ2n) is 2.27. The minimum Gasteiger partial charge on any atom is -0.490 e. The maximum absolute atomic E-state index is 5.33. The summed E-state index contributed by atoms with van der Waals surface area (Å²) in [7, 11) is 0. The first-order valence-corrected chi connectivity index (χ1v) is 4.31. The SMILES string of the molecule is C1=COC2C=CSCC2=C1. The molecule has 2 heteroatoms. The molecule has 0 aliphatic carbocycles. The van der Waals surface area contributed by atoms with Gasteiger partial charge in [-0.3, -0.25) is 0 Å². The van der Waals surface area contributed by atoms with Gasteiger partial charge in [0, 0.05) is 5.75 Å². The molecule has 1 unspecified atom stereocenters. The van der Waals surface area contributed by atoms with Crippen molar-refractivity contribution in [3.8, 4) is 0 Å². The summed E-state index contributed by atoms with van der Waals surface area (Å²) in [4.78, 5) is 0. The molecule has 2 aliphatic rings. The van der Waals surface area contributed by atoms with Gasteiger partial charge in [-0.05, 0) is 23.1 Å². The number of allylic oxidation sites excluding steroid dienone is 2. The number of hydrogen-bond donors (Lipinski definition) is 0. The Bertz CT molecular complexity index is 215. The molecule has 1 nitrogen and oxygen atoms in total. The van der Waals surface area contributed by atoms with Crippen LogP contribution in [0.2, 0.25) is 0 Å². The largest absolute Gasteiger partial charge is 0.490 e. The van der Waals surface area contributed by atoms with Gasteiger partial charge in [0.15, 0.2) is 0 Å². The number of hydrogen-bond acceptors (Lipinski definition) is 2. The molecule has 0 amide bonds. The van der Waals surface area contributed by atoms with Crippen LogP contribution in [0.4, 0.5) is 0 Å². The van der Waals surface area contributed by atoms with E-state index in [1.807, 2.05) is 17.8 Å². The van der Waals surface area contributed by atoms with Crippen LogP contribution in [-0.4, -0.2) is 11.9 Å². The summed E-state index contributed by atoms with van der Waals surface area (Å²) in [5.41, 5.74) is 1.37. The highest BCUT2D eigenvalue weighted by Gasteiger charge is 2.15. The summed E-state index contributed by atoms with van der Waals surface area (Å²) in [5.74, 6) is 1.07. The predicted octanol–water partition coefficient (Wildman–Crippen LogP) is 2.09. The van der Waals surface area contributed by atoms with Crippen molar-refractivity contribution >= 4 is 11.8 Å². The van der Waals surface area contributed by atoms with Crippen molar-refractivity contribution in [3.63, 3.8) is 0 Å². The third-order valence-corrected chi connectivity index (χ3v) is 2.43. The molecule has 0 aromatic heterocycles. The fraction of sp³-hybridized carbons (Fsp3) is 0.250. The van der Waals surface area contributed by atoms with Gasteiger partial charge in [0.25, 0.3) is 0 Å². The van der Waals surface area contributed by atoms with E-state index in [0.29, 0.717) is 0 Å². The van der Waals surface area contributed by atoms with Crippen LogP contribution in [0.1, 0.15) is 0 Å². The summed E-state index contributed by atoms with van der Waals surface area (Å²) in [6, 6.07) is 0. The zero-order valence-electron chi connectivity index (χ0n) is 5.49. The lowest BCUT2D eigenvalue weighted by molar-refractivity contribution is 0.213. The molecule has 1 atom stereocenters. The zero-order chi connectivity index (χ0) is 6.81. The Hall–Kier alpha value is -0.630. The summed E-state index contributed by atoms with van der Waals surface area (Å²) in [5, 5.41) is 2.10. The Morgan fingerprint density at radius 1 is 1.60 bits per heavy atom. The topological polar surface area (TPSA) is 9.23 Å². The third kappa shape index (κ3) is 0.991. The smallest absolute Gasteiger partial charge is 0.139 e. The van der Waals surface area contributed by atoms with Gasteiger partial charge in [0.05, 0.1) is 6.26 Å². The highest BCUT2D eigenvalue weighted by molar-refractivity contribution is 8.02. The Labute approximate surface area is 64.5 Å². The number of ether oxygens (including phenoxy) is 1. The van der Waals surface area contributed by atoms with Gasteiger partial charge in [-0.2, -0.15) is 0 Å². The molecule has 0 bridgehead atoms. The van der Waals surface area contributed by atoms with E-state index in [1.165, 1.54) is 5.57 Å². The molecule has 0 fully saturated rings. The Balaban J connectivity index is 2.26. The van der Waals surface area contributed by atoms with Gasteiger partial charge < -0.3 is 4.74 Å². The van der Waals surface area contributed by atoms with E-state index in [-0.39, 0.29) is 6.10 Å². The lowest BCUT2D eigenvalue weighted by Crippen LogP contribution is -2.16. The molecule has 52 valence electrons. The third-order valence-electron chi connectivity index (χ3n) is 1.58. The molecule has 0 N–H and O–H groups in total. The number of fused-ring (bicyclic) bond motifs is 1. The lowest BCUT2D eigenvalue weighted by Gasteiger charge is -2.21. The quantitative estimate of drug-likeness (QED) is 0.525. The zero-order valence-corrected chi connectivity index (χ0v) is 6.30. The highest BCUT2D eigenvalue weighted by Crippen LogP contribution is 2.24. The maximum atomic E-state index is 5.33.